The number of carbonyl (C=O) groups is 2. The molecule has 2 rings (SSSR count). The molecule has 27 heavy (non-hydrogen) atoms. The first-order valence-electron chi connectivity index (χ1n) is 8.21. The number of methoxy groups -OCH3 is 1. The van der Waals surface area contributed by atoms with E-state index in [4.69, 9.17) is 32.7 Å². The Labute approximate surface area is 167 Å². The van der Waals surface area contributed by atoms with Gasteiger partial charge < -0.3 is 20.1 Å². The fourth-order valence-electron chi connectivity index (χ4n) is 2.20. The molecule has 2 amide bonds. The van der Waals surface area contributed by atoms with Crippen LogP contribution in [0.1, 0.15) is 17.3 Å². The Balaban J connectivity index is 2.05. The molecular weight excluding hydrogens is 391 g/mol. The standard InChI is InChI=1S/C19H20Cl2N2O4/c1-12(27-17-8-7-13(20)11-15(17)21)18(24)23-16-6-4-3-5-14(16)19(25)22-9-10-26-2/h3-8,11-12H,9-10H2,1-2H3,(H,22,25)(H,23,24). The highest BCUT2D eigenvalue weighted by atomic mass is 35.5. The third-order valence-corrected chi connectivity index (χ3v) is 4.12. The SMILES string of the molecule is COCCNC(=O)c1ccccc1NC(=O)C(C)Oc1ccc(Cl)cc1Cl. The van der Waals surface area contributed by atoms with E-state index in [0.29, 0.717) is 40.2 Å². The topological polar surface area (TPSA) is 76.7 Å². The minimum absolute atomic E-state index is 0.306. The Hall–Kier alpha value is -2.28. The van der Waals surface area contributed by atoms with Crippen molar-refractivity contribution < 1.29 is 19.1 Å². The first-order chi connectivity index (χ1) is 12.9. The molecule has 1 unspecified atom stereocenters. The van der Waals surface area contributed by atoms with E-state index in [9.17, 15) is 9.59 Å². The van der Waals surface area contributed by atoms with E-state index in [-0.39, 0.29) is 5.91 Å². The van der Waals surface area contributed by atoms with E-state index >= 15 is 0 Å². The van der Waals surface area contributed by atoms with Crippen LogP contribution in [0.15, 0.2) is 42.5 Å². The molecule has 0 spiro atoms. The van der Waals surface area contributed by atoms with Gasteiger partial charge in [-0.25, -0.2) is 0 Å². The smallest absolute Gasteiger partial charge is 0.265 e. The molecule has 0 aromatic heterocycles. The molecule has 0 fully saturated rings. The van der Waals surface area contributed by atoms with Gasteiger partial charge in [-0.3, -0.25) is 9.59 Å². The zero-order valence-corrected chi connectivity index (χ0v) is 16.4. The number of hydrogen-bond donors (Lipinski definition) is 2. The Kier molecular flexibility index (Phi) is 7.91. The summed E-state index contributed by atoms with van der Waals surface area (Å²) in [6.07, 6.45) is -0.840. The lowest BCUT2D eigenvalue weighted by atomic mass is 10.1. The number of benzene rings is 2. The van der Waals surface area contributed by atoms with Gasteiger partial charge in [-0.15, -0.1) is 0 Å². The molecule has 0 aliphatic carbocycles. The molecule has 0 saturated heterocycles. The summed E-state index contributed by atoms with van der Waals surface area (Å²) in [4.78, 5) is 24.8. The number of halogens is 2. The van der Waals surface area contributed by atoms with Crippen molar-refractivity contribution in [2.45, 2.75) is 13.0 Å². The lowest BCUT2D eigenvalue weighted by molar-refractivity contribution is -0.122. The van der Waals surface area contributed by atoms with Crippen LogP contribution >= 0.6 is 23.2 Å². The maximum atomic E-state index is 12.5. The van der Waals surface area contributed by atoms with Gasteiger partial charge in [0.25, 0.3) is 11.8 Å². The fourth-order valence-corrected chi connectivity index (χ4v) is 2.65. The molecule has 1 atom stereocenters. The van der Waals surface area contributed by atoms with Gasteiger partial charge in [-0.1, -0.05) is 35.3 Å². The lowest BCUT2D eigenvalue weighted by Gasteiger charge is -2.17. The summed E-state index contributed by atoms with van der Waals surface area (Å²) >= 11 is 11.9. The number of ether oxygens (including phenoxy) is 2. The first kappa shape index (κ1) is 21.0. The summed E-state index contributed by atoms with van der Waals surface area (Å²) in [5, 5.41) is 6.20. The molecule has 2 aromatic rings. The highest BCUT2D eigenvalue weighted by molar-refractivity contribution is 6.35. The van der Waals surface area contributed by atoms with Crippen molar-refractivity contribution in [2.24, 2.45) is 0 Å². The van der Waals surface area contributed by atoms with Crippen molar-refractivity contribution in [1.29, 1.82) is 0 Å². The Morgan fingerprint density at radius 1 is 1.15 bits per heavy atom. The number of rotatable bonds is 8. The van der Waals surface area contributed by atoms with Crippen LogP contribution in [0.5, 0.6) is 5.75 Å². The molecule has 8 heteroatoms. The molecule has 2 aromatic carbocycles. The Morgan fingerprint density at radius 2 is 1.89 bits per heavy atom. The first-order valence-corrected chi connectivity index (χ1v) is 8.96. The molecule has 144 valence electrons. The monoisotopic (exact) mass is 410 g/mol. The van der Waals surface area contributed by atoms with Gasteiger partial charge in [-0.2, -0.15) is 0 Å². The Bertz CT molecular complexity index is 814. The second-order valence-electron chi connectivity index (χ2n) is 5.62. The van der Waals surface area contributed by atoms with Gasteiger partial charge in [0, 0.05) is 18.7 Å². The van der Waals surface area contributed by atoms with E-state index in [1.54, 1.807) is 50.4 Å². The van der Waals surface area contributed by atoms with Crippen molar-refractivity contribution in [3.05, 3.63) is 58.1 Å². The largest absolute Gasteiger partial charge is 0.479 e. The highest BCUT2D eigenvalue weighted by Crippen LogP contribution is 2.28. The van der Waals surface area contributed by atoms with Gasteiger partial charge in [0.2, 0.25) is 0 Å². The predicted molar refractivity (Wildman–Crippen MR) is 106 cm³/mol. The van der Waals surface area contributed by atoms with Crippen LogP contribution in [0.3, 0.4) is 0 Å². The summed E-state index contributed by atoms with van der Waals surface area (Å²) in [5.41, 5.74) is 0.730. The number of para-hydroxylation sites is 1. The molecule has 0 bridgehead atoms. The minimum Gasteiger partial charge on any atom is -0.479 e. The zero-order chi connectivity index (χ0) is 19.8. The third kappa shape index (κ3) is 6.13. The van der Waals surface area contributed by atoms with Crippen LogP contribution in [-0.2, 0) is 9.53 Å². The van der Waals surface area contributed by atoms with E-state index in [1.807, 2.05) is 0 Å². The van der Waals surface area contributed by atoms with E-state index in [2.05, 4.69) is 10.6 Å². The Morgan fingerprint density at radius 3 is 2.59 bits per heavy atom. The number of hydrogen-bond acceptors (Lipinski definition) is 4. The van der Waals surface area contributed by atoms with E-state index in [0.717, 1.165) is 0 Å². The molecule has 0 aliphatic rings. The maximum absolute atomic E-state index is 12.5. The summed E-state index contributed by atoms with van der Waals surface area (Å²) in [6.45, 7) is 2.35. The van der Waals surface area contributed by atoms with Gasteiger partial charge in [0.05, 0.1) is 22.9 Å². The summed E-state index contributed by atoms with van der Waals surface area (Å²) in [6, 6.07) is 11.4. The maximum Gasteiger partial charge on any atom is 0.265 e. The molecule has 0 saturated carbocycles. The average Bonchev–Trinajstić information content (AvgIpc) is 2.64. The van der Waals surface area contributed by atoms with Gasteiger partial charge in [0.15, 0.2) is 6.10 Å². The molecule has 6 nitrogen and oxygen atoms in total. The van der Waals surface area contributed by atoms with Crippen molar-refractivity contribution >= 4 is 40.7 Å². The number of amides is 2. The molecule has 0 heterocycles. The number of anilines is 1. The van der Waals surface area contributed by atoms with Crippen molar-refractivity contribution in [1.82, 2.24) is 5.32 Å². The third-order valence-electron chi connectivity index (χ3n) is 3.59. The summed E-state index contributed by atoms with van der Waals surface area (Å²) in [5.74, 6) is -0.385. The van der Waals surface area contributed by atoms with Crippen molar-refractivity contribution in [3.63, 3.8) is 0 Å². The van der Waals surface area contributed by atoms with Gasteiger partial charge in [-0.05, 0) is 37.3 Å². The average molecular weight is 411 g/mol. The van der Waals surface area contributed by atoms with Crippen molar-refractivity contribution in [3.8, 4) is 5.75 Å². The van der Waals surface area contributed by atoms with Crippen LogP contribution < -0.4 is 15.4 Å². The summed E-state index contributed by atoms with van der Waals surface area (Å²) in [7, 11) is 1.55. The van der Waals surface area contributed by atoms with Crippen LogP contribution in [0, 0.1) is 0 Å². The normalized spacial score (nSPS) is 11.6. The van der Waals surface area contributed by atoms with Gasteiger partial charge >= 0.3 is 0 Å². The molecule has 2 N–H and O–H groups in total. The zero-order valence-electron chi connectivity index (χ0n) is 14.9. The quantitative estimate of drug-likeness (QED) is 0.649. The van der Waals surface area contributed by atoms with Crippen LogP contribution in [0.25, 0.3) is 0 Å². The van der Waals surface area contributed by atoms with E-state index < -0.39 is 12.0 Å². The van der Waals surface area contributed by atoms with Gasteiger partial charge in [0.1, 0.15) is 5.75 Å². The minimum atomic E-state index is -0.840. The highest BCUT2D eigenvalue weighted by Gasteiger charge is 2.19. The lowest BCUT2D eigenvalue weighted by Crippen LogP contribution is -2.32. The van der Waals surface area contributed by atoms with Crippen LogP contribution in [-0.4, -0.2) is 38.2 Å². The number of carbonyl (C=O) groups excluding carboxylic acids is 2. The molecule has 0 radical (unpaired) electrons. The predicted octanol–water partition coefficient (Wildman–Crippen LogP) is 3.78. The number of nitrogens with one attached hydrogen (secondary N) is 2. The second-order valence-corrected chi connectivity index (χ2v) is 6.46. The van der Waals surface area contributed by atoms with E-state index in [1.165, 1.54) is 6.07 Å². The van der Waals surface area contributed by atoms with Crippen LogP contribution in [0.2, 0.25) is 10.0 Å². The molecular formula is C19H20Cl2N2O4. The second kappa shape index (κ2) is 10.2. The molecule has 0 aliphatic heterocycles. The summed E-state index contributed by atoms with van der Waals surface area (Å²) < 4.78 is 10.5. The fraction of sp³-hybridized carbons (Fsp3) is 0.263. The van der Waals surface area contributed by atoms with Crippen LogP contribution in [0.4, 0.5) is 5.69 Å². The van der Waals surface area contributed by atoms with Crippen molar-refractivity contribution in [2.75, 3.05) is 25.6 Å².